The van der Waals surface area contributed by atoms with Gasteiger partial charge in [-0.1, -0.05) is 52.4 Å². The van der Waals surface area contributed by atoms with E-state index in [1.165, 1.54) is 38.5 Å². The van der Waals surface area contributed by atoms with Gasteiger partial charge < -0.3 is 9.47 Å². The summed E-state index contributed by atoms with van der Waals surface area (Å²) in [5, 5.41) is 0. The standard InChI is InChI=1S/C22H42O8/c1-3-5-7-11-15-25-17-19-27-29-21(23)13-9-10-14-22(24)30-28-20-18-26-16-12-8-6-4-2/h3-20H2,1-2H3. The van der Waals surface area contributed by atoms with Crippen molar-refractivity contribution in [1.82, 2.24) is 0 Å². The minimum absolute atomic E-state index is 0.178. The quantitative estimate of drug-likeness (QED) is 0.130. The molecule has 178 valence electrons. The summed E-state index contributed by atoms with van der Waals surface area (Å²) in [6, 6.07) is 0. The topological polar surface area (TPSA) is 89.5 Å². The van der Waals surface area contributed by atoms with Crippen LogP contribution in [0.4, 0.5) is 0 Å². The van der Waals surface area contributed by atoms with Gasteiger partial charge in [0.05, 0.1) is 13.2 Å². The number of unbranched alkanes of at least 4 members (excludes halogenated alkanes) is 7. The third kappa shape index (κ3) is 23.1. The molecule has 8 nitrogen and oxygen atoms in total. The van der Waals surface area contributed by atoms with Gasteiger partial charge in [0.25, 0.3) is 0 Å². The van der Waals surface area contributed by atoms with Crippen molar-refractivity contribution < 1.29 is 38.6 Å². The van der Waals surface area contributed by atoms with Crippen LogP contribution in [0.3, 0.4) is 0 Å². The van der Waals surface area contributed by atoms with Crippen LogP contribution in [0.15, 0.2) is 0 Å². The summed E-state index contributed by atoms with van der Waals surface area (Å²) in [7, 11) is 0. The van der Waals surface area contributed by atoms with Crippen LogP contribution in [0.25, 0.3) is 0 Å². The first-order chi connectivity index (χ1) is 14.7. The van der Waals surface area contributed by atoms with Crippen LogP contribution in [0, 0.1) is 0 Å². The van der Waals surface area contributed by atoms with Crippen molar-refractivity contribution >= 4 is 11.9 Å². The van der Waals surface area contributed by atoms with Gasteiger partial charge in [0.1, 0.15) is 13.2 Å². The Balaban J connectivity index is 3.29. The van der Waals surface area contributed by atoms with Crippen molar-refractivity contribution in [1.29, 1.82) is 0 Å². The maximum Gasteiger partial charge on any atom is 0.342 e. The third-order valence-electron chi connectivity index (χ3n) is 4.22. The van der Waals surface area contributed by atoms with Crippen molar-refractivity contribution in [3.8, 4) is 0 Å². The maximum absolute atomic E-state index is 11.5. The highest BCUT2D eigenvalue weighted by molar-refractivity contribution is 5.69. The molecule has 0 N–H and O–H groups in total. The van der Waals surface area contributed by atoms with Crippen molar-refractivity contribution in [2.45, 2.75) is 90.9 Å². The molecule has 0 aliphatic rings. The van der Waals surface area contributed by atoms with Gasteiger partial charge in [-0.3, -0.25) is 9.78 Å². The number of carbonyl (C=O) groups excluding carboxylic acids is 2. The van der Waals surface area contributed by atoms with E-state index in [-0.39, 0.29) is 26.1 Å². The minimum atomic E-state index is -0.460. The van der Waals surface area contributed by atoms with E-state index in [9.17, 15) is 9.59 Å². The van der Waals surface area contributed by atoms with Crippen LogP contribution in [0.5, 0.6) is 0 Å². The van der Waals surface area contributed by atoms with E-state index in [4.69, 9.17) is 19.2 Å². The summed E-state index contributed by atoms with van der Waals surface area (Å²) < 4.78 is 10.7. The van der Waals surface area contributed by atoms with Crippen LogP contribution in [0.1, 0.15) is 90.9 Å². The molecule has 0 rings (SSSR count). The Morgan fingerprint density at radius 1 is 0.500 bits per heavy atom. The monoisotopic (exact) mass is 434 g/mol. The first kappa shape index (κ1) is 28.8. The number of hydrogen-bond acceptors (Lipinski definition) is 8. The fourth-order valence-electron chi connectivity index (χ4n) is 2.49. The molecule has 0 saturated heterocycles. The lowest BCUT2D eigenvalue weighted by molar-refractivity contribution is -0.277. The highest BCUT2D eigenvalue weighted by atomic mass is 17.2. The second kappa shape index (κ2) is 24.1. The van der Waals surface area contributed by atoms with Gasteiger partial charge in [-0.15, -0.1) is 0 Å². The average molecular weight is 435 g/mol. The summed E-state index contributed by atoms with van der Waals surface area (Å²) in [5.41, 5.74) is 0. The van der Waals surface area contributed by atoms with Gasteiger partial charge in [-0.2, -0.15) is 9.78 Å². The summed E-state index contributed by atoms with van der Waals surface area (Å²) in [5.74, 6) is -0.919. The average Bonchev–Trinajstić information content (AvgIpc) is 2.74. The molecule has 0 aromatic rings. The summed E-state index contributed by atoms with van der Waals surface area (Å²) in [6.07, 6.45) is 10.6. The lowest BCUT2D eigenvalue weighted by Gasteiger charge is -2.06. The van der Waals surface area contributed by atoms with Gasteiger partial charge in [-0.05, 0) is 25.7 Å². The first-order valence-electron chi connectivity index (χ1n) is 11.5. The Morgan fingerprint density at radius 2 is 0.933 bits per heavy atom. The summed E-state index contributed by atoms with van der Waals surface area (Å²) in [6.45, 7) is 6.95. The van der Waals surface area contributed by atoms with Crippen LogP contribution >= 0.6 is 0 Å². The number of rotatable bonds is 23. The second-order valence-corrected chi connectivity index (χ2v) is 7.11. The molecule has 0 aromatic carbocycles. The molecule has 0 aliphatic carbocycles. The van der Waals surface area contributed by atoms with Gasteiger partial charge in [0, 0.05) is 26.1 Å². The molecule has 0 bridgehead atoms. The fraction of sp³-hybridized carbons (Fsp3) is 0.909. The smallest absolute Gasteiger partial charge is 0.342 e. The van der Waals surface area contributed by atoms with Crippen molar-refractivity contribution in [3.05, 3.63) is 0 Å². The Kier molecular flexibility index (Phi) is 23.1. The summed E-state index contributed by atoms with van der Waals surface area (Å²) >= 11 is 0. The van der Waals surface area contributed by atoms with Gasteiger partial charge in [0.2, 0.25) is 0 Å². The lowest BCUT2D eigenvalue weighted by atomic mass is 10.2. The Labute approximate surface area is 181 Å². The zero-order chi connectivity index (χ0) is 22.1. The predicted molar refractivity (Wildman–Crippen MR) is 112 cm³/mol. The zero-order valence-electron chi connectivity index (χ0n) is 19.0. The normalized spacial score (nSPS) is 10.9. The van der Waals surface area contributed by atoms with Crippen LogP contribution < -0.4 is 0 Å². The third-order valence-corrected chi connectivity index (χ3v) is 4.22. The van der Waals surface area contributed by atoms with Crippen LogP contribution in [0.2, 0.25) is 0 Å². The second-order valence-electron chi connectivity index (χ2n) is 7.11. The van der Waals surface area contributed by atoms with E-state index < -0.39 is 11.9 Å². The molecule has 0 aromatic heterocycles. The predicted octanol–water partition coefficient (Wildman–Crippen LogP) is 4.69. The molecule has 0 spiro atoms. The molecule has 30 heavy (non-hydrogen) atoms. The molecule has 0 aliphatic heterocycles. The number of ether oxygens (including phenoxy) is 2. The molecule has 0 saturated carbocycles. The fourth-order valence-corrected chi connectivity index (χ4v) is 2.49. The molecule has 0 fully saturated rings. The molecule has 0 amide bonds. The Hall–Kier alpha value is -1.22. The molecular weight excluding hydrogens is 392 g/mol. The highest BCUT2D eigenvalue weighted by Gasteiger charge is 2.08. The SMILES string of the molecule is CCCCCCOCCOOC(=O)CCCCC(=O)OOCCOCCCCCC. The van der Waals surface area contributed by atoms with E-state index >= 15 is 0 Å². The zero-order valence-corrected chi connectivity index (χ0v) is 19.0. The van der Waals surface area contributed by atoms with Crippen LogP contribution in [-0.2, 0) is 38.6 Å². The first-order valence-corrected chi connectivity index (χ1v) is 11.5. The highest BCUT2D eigenvalue weighted by Crippen LogP contribution is 2.04. The van der Waals surface area contributed by atoms with E-state index in [1.807, 2.05) is 0 Å². The van der Waals surface area contributed by atoms with Crippen LogP contribution in [-0.4, -0.2) is 51.6 Å². The van der Waals surface area contributed by atoms with Gasteiger partial charge >= 0.3 is 11.9 Å². The van der Waals surface area contributed by atoms with E-state index in [0.717, 1.165) is 12.8 Å². The van der Waals surface area contributed by atoms with Gasteiger partial charge in [-0.25, -0.2) is 9.59 Å². The molecule has 0 atom stereocenters. The van der Waals surface area contributed by atoms with Gasteiger partial charge in [0.15, 0.2) is 0 Å². The number of hydrogen-bond donors (Lipinski definition) is 0. The van der Waals surface area contributed by atoms with E-state index in [2.05, 4.69) is 23.6 Å². The van der Waals surface area contributed by atoms with Crippen molar-refractivity contribution in [2.75, 3.05) is 39.6 Å². The molecular formula is C22H42O8. The van der Waals surface area contributed by atoms with Crippen molar-refractivity contribution in [3.63, 3.8) is 0 Å². The molecule has 0 radical (unpaired) electrons. The molecule has 0 unspecified atom stereocenters. The number of carbonyl (C=O) groups is 2. The Morgan fingerprint density at radius 3 is 1.33 bits per heavy atom. The molecule has 0 heterocycles. The lowest BCUT2D eigenvalue weighted by Crippen LogP contribution is -2.11. The minimum Gasteiger partial charge on any atom is -0.379 e. The molecule has 8 heteroatoms. The van der Waals surface area contributed by atoms with E-state index in [1.54, 1.807) is 0 Å². The van der Waals surface area contributed by atoms with E-state index in [0.29, 0.717) is 39.3 Å². The largest absolute Gasteiger partial charge is 0.379 e. The van der Waals surface area contributed by atoms with Crippen molar-refractivity contribution in [2.24, 2.45) is 0 Å². The maximum atomic E-state index is 11.5. The Bertz CT molecular complexity index is 353. The summed E-state index contributed by atoms with van der Waals surface area (Å²) in [4.78, 5) is 42.0.